The van der Waals surface area contributed by atoms with Crippen LogP contribution in [-0.2, 0) is 4.79 Å². The van der Waals surface area contributed by atoms with Crippen molar-refractivity contribution in [1.82, 2.24) is 10.2 Å². The molecule has 0 aliphatic carbocycles. The molecular weight excluding hydrogens is 376 g/mol. The number of nitrogens with one attached hydrogen (secondary N) is 1. The third-order valence-corrected chi connectivity index (χ3v) is 5.56. The molecule has 0 spiro atoms. The molecule has 1 aromatic heterocycles. The number of aromatic nitrogens is 2. The molecule has 4 rings (SSSR count). The molecule has 1 aliphatic rings. The Kier molecular flexibility index (Phi) is 5.03. The number of carbonyl (C=O) groups is 2. The lowest BCUT2D eigenvalue weighted by atomic mass is 10.1. The smallest absolute Gasteiger partial charge is 0.257 e. The number of amides is 2. The monoisotopic (exact) mass is 394 g/mol. The molecule has 0 saturated carbocycles. The standard InChI is InChI=1S/C20H18N4O3S/c1-27-16-9-7-13(8-10-16)18(26)21-20-23-22-19(28-20)14-11-17(25)24(12-14)15-5-3-2-4-6-15/h2-10,14H,11-12H2,1H3,(H,21,23,26)/t14-/m0/s1. The van der Waals surface area contributed by atoms with Crippen molar-refractivity contribution in [2.45, 2.75) is 12.3 Å². The molecule has 1 fully saturated rings. The molecule has 2 aromatic carbocycles. The van der Waals surface area contributed by atoms with Crippen LogP contribution in [-0.4, -0.2) is 35.7 Å². The summed E-state index contributed by atoms with van der Waals surface area (Å²) in [5.74, 6) is 0.453. The maximum atomic E-state index is 12.4. The van der Waals surface area contributed by atoms with Gasteiger partial charge in [-0.1, -0.05) is 29.5 Å². The summed E-state index contributed by atoms with van der Waals surface area (Å²) in [6, 6.07) is 16.4. The number of nitrogens with zero attached hydrogens (tertiary/aromatic N) is 3. The van der Waals surface area contributed by atoms with Gasteiger partial charge in [0.1, 0.15) is 10.8 Å². The lowest BCUT2D eigenvalue weighted by Crippen LogP contribution is -2.24. The number of hydrogen-bond acceptors (Lipinski definition) is 6. The van der Waals surface area contributed by atoms with Gasteiger partial charge < -0.3 is 9.64 Å². The van der Waals surface area contributed by atoms with Gasteiger partial charge >= 0.3 is 0 Å². The highest BCUT2D eigenvalue weighted by molar-refractivity contribution is 7.15. The predicted octanol–water partition coefficient (Wildman–Crippen LogP) is 3.32. The van der Waals surface area contributed by atoms with Crippen molar-refractivity contribution in [3.05, 3.63) is 65.2 Å². The van der Waals surface area contributed by atoms with E-state index in [0.717, 1.165) is 10.7 Å². The Hall–Kier alpha value is -3.26. The van der Waals surface area contributed by atoms with Gasteiger partial charge in [0.2, 0.25) is 11.0 Å². The Balaban J connectivity index is 1.43. The van der Waals surface area contributed by atoms with Crippen molar-refractivity contribution in [3.8, 4) is 5.75 Å². The van der Waals surface area contributed by atoms with E-state index in [9.17, 15) is 9.59 Å². The van der Waals surface area contributed by atoms with E-state index in [1.807, 2.05) is 30.3 Å². The van der Waals surface area contributed by atoms with Crippen LogP contribution in [0.15, 0.2) is 54.6 Å². The van der Waals surface area contributed by atoms with E-state index in [-0.39, 0.29) is 17.7 Å². The van der Waals surface area contributed by atoms with E-state index >= 15 is 0 Å². The first kappa shape index (κ1) is 18.1. The normalized spacial score (nSPS) is 16.2. The molecule has 1 atom stereocenters. The molecular formula is C20H18N4O3S. The van der Waals surface area contributed by atoms with Gasteiger partial charge in [-0.15, -0.1) is 10.2 Å². The fraction of sp³-hybridized carbons (Fsp3) is 0.200. The van der Waals surface area contributed by atoms with Crippen molar-refractivity contribution in [3.63, 3.8) is 0 Å². The lowest BCUT2D eigenvalue weighted by Gasteiger charge is -2.15. The molecule has 1 aliphatic heterocycles. The van der Waals surface area contributed by atoms with Crippen LogP contribution in [0, 0.1) is 0 Å². The third kappa shape index (κ3) is 3.72. The van der Waals surface area contributed by atoms with Crippen molar-refractivity contribution in [1.29, 1.82) is 0 Å². The van der Waals surface area contributed by atoms with Crippen molar-refractivity contribution in [2.24, 2.45) is 0 Å². The van der Waals surface area contributed by atoms with Gasteiger partial charge in [-0.05, 0) is 36.4 Å². The van der Waals surface area contributed by atoms with Crippen LogP contribution in [0.3, 0.4) is 0 Å². The molecule has 2 heterocycles. The van der Waals surface area contributed by atoms with Crippen LogP contribution < -0.4 is 15.0 Å². The Morgan fingerprint density at radius 3 is 2.61 bits per heavy atom. The van der Waals surface area contributed by atoms with Crippen LogP contribution in [0.1, 0.15) is 27.7 Å². The topological polar surface area (TPSA) is 84.4 Å². The van der Waals surface area contributed by atoms with Gasteiger partial charge in [-0.25, -0.2) is 0 Å². The Morgan fingerprint density at radius 1 is 1.14 bits per heavy atom. The minimum absolute atomic E-state index is 0.0307. The SMILES string of the molecule is COc1ccc(C(=O)Nc2nnc([C@H]3CC(=O)N(c4ccccc4)C3)s2)cc1. The van der Waals surface area contributed by atoms with Crippen LogP contribution in [0.25, 0.3) is 0 Å². The molecule has 2 amide bonds. The fourth-order valence-electron chi connectivity index (χ4n) is 3.09. The first-order valence-electron chi connectivity index (χ1n) is 8.78. The van der Waals surface area contributed by atoms with Gasteiger partial charge in [0.25, 0.3) is 5.91 Å². The zero-order chi connectivity index (χ0) is 19.5. The molecule has 1 N–H and O–H groups in total. The van der Waals surface area contributed by atoms with Crippen molar-refractivity contribution < 1.29 is 14.3 Å². The minimum Gasteiger partial charge on any atom is -0.497 e. The number of benzene rings is 2. The fourth-order valence-corrected chi connectivity index (χ4v) is 3.92. The zero-order valence-electron chi connectivity index (χ0n) is 15.2. The third-order valence-electron chi connectivity index (χ3n) is 4.56. The van der Waals surface area contributed by atoms with Crippen LogP contribution >= 0.6 is 11.3 Å². The van der Waals surface area contributed by atoms with E-state index in [4.69, 9.17) is 4.74 Å². The second kappa shape index (κ2) is 7.77. The maximum Gasteiger partial charge on any atom is 0.257 e. The van der Waals surface area contributed by atoms with Gasteiger partial charge in [0, 0.05) is 30.1 Å². The lowest BCUT2D eigenvalue weighted by molar-refractivity contribution is -0.117. The van der Waals surface area contributed by atoms with Crippen LogP contribution in [0.2, 0.25) is 0 Å². The number of hydrogen-bond donors (Lipinski definition) is 1. The number of rotatable bonds is 5. The summed E-state index contributed by atoms with van der Waals surface area (Å²) in [4.78, 5) is 26.5. The van der Waals surface area contributed by atoms with Crippen molar-refractivity contribution >= 4 is 34.0 Å². The minimum atomic E-state index is -0.265. The number of ether oxygens (including phenoxy) is 1. The number of para-hydroxylation sites is 1. The Bertz CT molecular complexity index is 988. The highest BCUT2D eigenvalue weighted by Crippen LogP contribution is 2.34. The average Bonchev–Trinajstić information content (AvgIpc) is 3.35. The first-order chi connectivity index (χ1) is 13.6. The second-order valence-corrected chi connectivity index (χ2v) is 7.38. The van der Waals surface area contributed by atoms with Crippen LogP contribution in [0.4, 0.5) is 10.8 Å². The number of carbonyl (C=O) groups excluding carboxylic acids is 2. The van der Waals surface area contributed by atoms with E-state index in [0.29, 0.717) is 29.4 Å². The summed E-state index contributed by atoms with van der Waals surface area (Å²) in [5.41, 5.74) is 1.39. The van der Waals surface area contributed by atoms with E-state index < -0.39 is 0 Å². The quantitative estimate of drug-likeness (QED) is 0.718. The van der Waals surface area contributed by atoms with E-state index in [1.54, 1.807) is 36.3 Å². The second-order valence-electron chi connectivity index (χ2n) is 6.37. The maximum absolute atomic E-state index is 12.4. The van der Waals surface area contributed by atoms with E-state index in [1.165, 1.54) is 11.3 Å². The summed E-state index contributed by atoms with van der Waals surface area (Å²) in [5, 5.41) is 12.2. The largest absolute Gasteiger partial charge is 0.497 e. The number of methoxy groups -OCH3 is 1. The van der Waals surface area contributed by atoms with Gasteiger partial charge in [0.05, 0.1) is 7.11 Å². The predicted molar refractivity (Wildman–Crippen MR) is 107 cm³/mol. The molecule has 28 heavy (non-hydrogen) atoms. The average molecular weight is 394 g/mol. The summed E-state index contributed by atoms with van der Waals surface area (Å²) < 4.78 is 5.09. The van der Waals surface area contributed by atoms with Crippen molar-refractivity contribution in [2.75, 3.05) is 23.9 Å². The molecule has 0 unspecified atom stereocenters. The number of anilines is 2. The molecule has 142 valence electrons. The van der Waals surface area contributed by atoms with Crippen LogP contribution in [0.5, 0.6) is 5.75 Å². The Labute approximate surface area is 166 Å². The van der Waals surface area contributed by atoms with Gasteiger partial charge in [0.15, 0.2) is 0 Å². The highest BCUT2D eigenvalue weighted by Gasteiger charge is 2.33. The summed E-state index contributed by atoms with van der Waals surface area (Å²) in [6.45, 7) is 0.559. The highest BCUT2D eigenvalue weighted by atomic mass is 32.1. The zero-order valence-corrected chi connectivity index (χ0v) is 16.0. The van der Waals surface area contributed by atoms with Gasteiger partial charge in [-0.3, -0.25) is 14.9 Å². The molecule has 1 saturated heterocycles. The molecule has 0 radical (unpaired) electrons. The molecule has 3 aromatic rings. The molecule has 0 bridgehead atoms. The summed E-state index contributed by atoms with van der Waals surface area (Å²) in [6.07, 6.45) is 0.385. The van der Waals surface area contributed by atoms with E-state index in [2.05, 4.69) is 15.5 Å². The Morgan fingerprint density at radius 2 is 1.89 bits per heavy atom. The van der Waals surface area contributed by atoms with Gasteiger partial charge in [-0.2, -0.15) is 0 Å². The summed E-state index contributed by atoms with van der Waals surface area (Å²) in [7, 11) is 1.57. The molecule has 7 nitrogen and oxygen atoms in total. The summed E-state index contributed by atoms with van der Waals surface area (Å²) >= 11 is 1.30. The molecule has 8 heteroatoms. The first-order valence-corrected chi connectivity index (χ1v) is 9.60.